The molecule has 0 amide bonds. The van der Waals surface area contributed by atoms with Gasteiger partial charge in [0.25, 0.3) is 0 Å². The first-order chi connectivity index (χ1) is 9.60. The maximum absolute atomic E-state index is 11.2. The van der Waals surface area contributed by atoms with Crippen molar-refractivity contribution in [3.8, 4) is 0 Å². The molecule has 1 aromatic carbocycles. The van der Waals surface area contributed by atoms with E-state index in [4.69, 9.17) is 0 Å². The molecule has 1 aliphatic rings. The topological polar surface area (TPSA) is 49.3 Å². The van der Waals surface area contributed by atoms with E-state index in [-0.39, 0.29) is 6.04 Å². The highest BCUT2D eigenvalue weighted by Crippen LogP contribution is 2.38. The lowest BCUT2D eigenvalue weighted by Gasteiger charge is -2.38. The van der Waals surface area contributed by atoms with E-state index in [1.54, 1.807) is 0 Å². The van der Waals surface area contributed by atoms with Crippen molar-refractivity contribution in [3.63, 3.8) is 0 Å². The number of hydrogen-bond donors (Lipinski definition) is 2. The lowest BCUT2D eigenvalue weighted by atomic mass is 9.75. The first-order valence-corrected chi connectivity index (χ1v) is 8.13. The maximum atomic E-state index is 11.2. The van der Waals surface area contributed by atoms with Crippen LogP contribution in [0.1, 0.15) is 50.5 Å². The summed E-state index contributed by atoms with van der Waals surface area (Å²) in [5, 5.41) is 12.5. The molecule has 1 aliphatic carbocycles. The van der Waals surface area contributed by atoms with Crippen LogP contribution < -0.4 is 5.32 Å². The van der Waals surface area contributed by atoms with Gasteiger partial charge in [-0.2, -0.15) is 0 Å². The van der Waals surface area contributed by atoms with Crippen LogP contribution in [0, 0.1) is 0 Å². The number of aliphatic carboxylic acids is 1. The molecule has 20 heavy (non-hydrogen) atoms. The highest BCUT2D eigenvalue weighted by molar-refractivity contribution is 9.10. The molecule has 0 heterocycles. The Kier molecular flexibility index (Phi) is 5.61. The monoisotopic (exact) mass is 339 g/mol. The number of hydrogen-bond acceptors (Lipinski definition) is 2. The fourth-order valence-corrected chi connectivity index (χ4v) is 3.17. The van der Waals surface area contributed by atoms with E-state index in [0.717, 1.165) is 36.6 Å². The van der Waals surface area contributed by atoms with Gasteiger partial charge in [0.15, 0.2) is 0 Å². The summed E-state index contributed by atoms with van der Waals surface area (Å²) < 4.78 is 1.11. The molecule has 0 aromatic heterocycles. The summed E-state index contributed by atoms with van der Waals surface area (Å²) in [6.45, 7) is 2.09. The smallest absolute Gasteiger partial charge is 0.320 e. The van der Waals surface area contributed by atoms with Crippen LogP contribution in [0.25, 0.3) is 0 Å². The molecule has 1 aromatic rings. The fraction of sp³-hybridized carbons (Fsp3) is 0.562. The minimum absolute atomic E-state index is 0.344. The number of nitrogens with one attached hydrogen (secondary N) is 1. The van der Waals surface area contributed by atoms with Gasteiger partial charge in [-0.05, 0) is 42.9 Å². The molecule has 0 saturated heterocycles. The first-order valence-electron chi connectivity index (χ1n) is 7.34. The summed E-state index contributed by atoms with van der Waals surface area (Å²) in [5.41, 5.74) is 1.35. The second-order valence-electron chi connectivity index (χ2n) is 5.62. The predicted octanol–water partition coefficient (Wildman–Crippen LogP) is 3.93. The molecule has 2 N–H and O–H groups in total. The molecular formula is C16H22BrNO2. The Morgan fingerprint density at radius 3 is 2.85 bits per heavy atom. The van der Waals surface area contributed by atoms with Crippen LogP contribution in [0.3, 0.4) is 0 Å². The van der Waals surface area contributed by atoms with Crippen LogP contribution in [0.4, 0.5) is 0 Å². The van der Waals surface area contributed by atoms with Crippen LogP contribution in [0.15, 0.2) is 28.7 Å². The zero-order chi connectivity index (χ0) is 14.5. The Labute approximate surface area is 128 Å². The quantitative estimate of drug-likeness (QED) is 0.791. The van der Waals surface area contributed by atoms with Gasteiger partial charge in [-0.3, -0.25) is 4.79 Å². The van der Waals surface area contributed by atoms with Gasteiger partial charge in [0.2, 0.25) is 0 Å². The normalized spacial score (nSPS) is 23.1. The Morgan fingerprint density at radius 2 is 2.25 bits per heavy atom. The summed E-state index contributed by atoms with van der Waals surface area (Å²) >= 11 is 3.49. The van der Waals surface area contributed by atoms with Crippen LogP contribution in [0.5, 0.6) is 0 Å². The molecule has 1 fully saturated rings. The van der Waals surface area contributed by atoms with Crippen molar-refractivity contribution in [2.45, 2.75) is 57.0 Å². The highest BCUT2D eigenvalue weighted by atomic mass is 79.9. The summed E-state index contributed by atoms with van der Waals surface area (Å²) in [4.78, 5) is 11.2. The van der Waals surface area contributed by atoms with Crippen molar-refractivity contribution in [3.05, 3.63) is 34.3 Å². The van der Waals surface area contributed by atoms with E-state index in [9.17, 15) is 9.90 Å². The van der Waals surface area contributed by atoms with Crippen molar-refractivity contribution >= 4 is 21.9 Å². The SMILES string of the molecule is CCCC[C@H](NC1CC(c2cccc(Br)c2)C1)C(=O)O. The minimum atomic E-state index is -0.718. The Balaban J connectivity index is 1.82. The Morgan fingerprint density at radius 1 is 1.50 bits per heavy atom. The van der Waals surface area contributed by atoms with E-state index in [0.29, 0.717) is 12.0 Å². The van der Waals surface area contributed by atoms with Gasteiger partial charge in [-0.1, -0.05) is 47.8 Å². The van der Waals surface area contributed by atoms with Crippen LogP contribution in [0.2, 0.25) is 0 Å². The molecule has 0 bridgehead atoms. The van der Waals surface area contributed by atoms with Crippen molar-refractivity contribution in [1.29, 1.82) is 0 Å². The van der Waals surface area contributed by atoms with E-state index in [1.807, 2.05) is 6.07 Å². The lowest BCUT2D eigenvalue weighted by molar-refractivity contribution is -0.140. The van der Waals surface area contributed by atoms with Gasteiger partial charge in [-0.25, -0.2) is 0 Å². The third-order valence-corrected chi connectivity index (χ3v) is 4.53. The van der Waals surface area contributed by atoms with Crippen molar-refractivity contribution in [1.82, 2.24) is 5.32 Å². The molecule has 2 rings (SSSR count). The second kappa shape index (κ2) is 7.23. The molecule has 0 aliphatic heterocycles. The summed E-state index contributed by atoms with van der Waals surface area (Å²) in [6.07, 6.45) is 4.80. The van der Waals surface area contributed by atoms with Crippen LogP contribution in [-0.4, -0.2) is 23.2 Å². The predicted molar refractivity (Wildman–Crippen MR) is 84.0 cm³/mol. The number of unbranched alkanes of at least 4 members (excludes halogenated alkanes) is 1. The van der Waals surface area contributed by atoms with Crippen LogP contribution in [-0.2, 0) is 4.79 Å². The number of carbonyl (C=O) groups is 1. The maximum Gasteiger partial charge on any atom is 0.320 e. The molecule has 3 nitrogen and oxygen atoms in total. The van der Waals surface area contributed by atoms with Gasteiger partial charge >= 0.3 is 5.97 Å². The van der Waals surface area contributed by atoms with E-state index >= 15 is 0 Å². The van der Waals surface area contributed by atoms with E-state index in [1.165, 1.54) is 5.56 Å². The van der Waals surface area contributed by atoms with Gasteiger partial charge in [0, 0.05) is 10.5 Å². The van der Waals surface area contributed by atoms with Gasteiger partial charge in [-0.15, -0.1) is 0 Å². The van der Waals surface area contributed by atoms with Crippen LogP contribution >= 0.6 is 15.9 Å². The first kappa shape index (κ1) is 15.5. The van der Waals surface area contributed by atoms with Crippen molar-refractivity contribution < 1.29 is 9.90 Å². The highest BCUT2D eigenvalue weighted by Gasteiger charge is 2.33. The molecular weight excluding hydrogens is 318 g/mol. The molecule has 1 saturated carbocycles. The summed E-state index contributed by atoms with van der Waals surface area (Å²) in [6, 6.07) is 8.36. The largest absolute Gasteiger partial charge is 0.480 e. The third-order valence-electron chi connectivity index (χ3n) is 4.04. The lowest BCUT2D eigenvalue weighted by Crippen LogP contribution is -2.48. The van der Waals surface area contributed by atoms with Gasteiger partial charge in [0.1, 0.15) is 6.04 Å². The zero-order valence-corrected chi connectivity index (χ0v) is 13.4. The molecule has 0 unspecified atom stereocenters. The Hall–Kier alpha value is -0.870. The summed E-state index contributed by atoms with van der Waals surface area (Å²) in [5.74, 6) is -0.157. The molecule has 0 spiro atoms. The number of rotatable bonds is 7. The fourth-order valence-electron chi connectivity index (χ4n) is 2.76. The molecule has 0 radical (unpaired) electrons. The molecule has 4 heteroatoms. The standard InChI is InChI=1S/C16H22BrNO2/c1-2-3-7-15(16(19)20)18-14-9-12(10-14)11-5-4-6-13(17)8-11/h4-6,8,12,14-15,18H,2-3,7,9-10H2,1H3,(H,19,20)/t12?,14?,15-/m0/s1. The minimum Gasteiger partial charge on any atom is -0.480 e. The Bertz CT molecular complexity index is 458. The summed E-state index contributed by atoms with van der Waals surface area (Å²) in [7, 11) is 0. The average molecular weight is 340 g/mol. The third kappa shape index (κ3) is 4.06. The molecule has 1 atom stereocenters. The van der Waals surface area contributed by atoms with Crippen molar-refractivity contribution in [2.75, 3.05) is 0 Å². The van der Waals surface area contributed by atoms with E-state index < -0.39 is 5.97 Å². The van der Waals surface area contributed by atoms with E-state index in [2.05, 4.69) is 46.4 Å². The molecule has 110 valence electrons. The number of carboxylic acid groups (broad SMARTS) is 1. The van der Waals surface area contributed by atoms with Crippen molar-refractivity contribution in [2.24, 2.45) is 0 Å². The number of carboxylic acids is 1. The second-order valence-corrected chi connectivity index (χ2v) is 6.54. The number of halogens is 1. The van der Waals surface area contributed by atoms with Gasteiger partial charge in [0.05, 0.1) is 0 Å². The average Bonchev–Trinajstić information content (AvgIpc) is 2.36. The number of benzene rings is 1. The van der Waals surface area contributed by atoms with Gasteiger partial charge < -0.3 is 10.4 Å². The zero-order valence-electron chi connectivity index (χ0n) is 11.8.